The highest BCUT2D eigenvalue weighted by Gasteiger charge is 2.24. The van der Waals surface area contributed by atoms with Crippen molar-refractivity contribution < 1.29 is 4.79 Å². The number of hydrogen-bond donors (Lipinski definition) is 2. The van der Waals surface area contributed by atoms with Crippen molar-refractivity contribution in [1.29, 1.82) is 0 Å². The van der Waals surface area contributed by atoms with Gasteiger partial charge < -0.3 is 10.6 Å². The number of hydrogen-bond acceptors (Lipinski definition) is 2. The molecule has 1 saturated heterocycles. The number of amides is 1. The SMILES string of the molecule is Cc1ccc(C(C)CNC(=O)C2CNC2)cc1.Cl. The first-order valence-electron chi connectivity index (χ1n) is 6.22. The van der Waals surface area contributed by atoms with Crippen LogP contribution in [0.1, 0.15) is 24.0 Å². The van der Waals surface area contributed by atoms with Gasteiger partial charge in [-0.1, -0.05) is 36.8 Å². The van der Waals surface area contributed by atoms with Gasteiger partial charge in [-0.15, -0.1) is 12.4 Å². The third-order valence-electron chi connectivity index (χ3n) is 3.38. The summed E-state index contributed by atoms with van der Waals surface area (Å²) in [6.07, 6.45) is 0. The molecular weight excluding hydrogens is 248 g/mol. The van der Waals surface area contributed by atoms with E-state index in [1.54, 1.807) is 0 Å². The van der Waals surface area contributed by atoms with Gasteiger partial charge in [0.05, 0.1) is 5.92 Å². The average molecular weight is 269 g/mol. The highest BCUT2D eigenvalue weighted by atomic mass is 35.5. The molecule has 3 nitrogen and oxygen atoms in total. The van der Waals surface area contributed by atoms with E-state index in [4.69, 9.17) is 0 Å². The summed E-state index contributed by atoms with van der Waals surface area (Å²) in [4.78, 5) is 11.7. The fourth-order valence-electron chi connectivity index (χ4n) is 1.88. The Kier molecular flexibility index (Phi) is 5.63. The molecule has 1 aromatic rings. The lowest BCUT2D eigenvalue weighted by Gasteiger charge is -2.26. The molecule has 0 aromatic heterocycles. The molecule has 1 fully saturated rings. The van der Waals surface area contributed by atoms with E-state index >= 15 is 0 Å². The van der Waals surface area contributed by atoms with Crippen LogP contribution in [0.3, 0.4) is 0 Å². The van der Waals surface area contributed by atoms with Crippen molar-refractivity contribution in [3.63, 3.8) is 0 Å². The molecule has 1 atom stereocenters. The minimum absolute atomic E-state index is 0. The highest BCUT2D eigenvalue weighted by molar-refractivity contribution is 5.85. The zero-order chi connectivity index (χ0) is 12.3. The fourth-order valence-corrected chi connectivity index (χ4v) is 1.88. The summed E-state index contributed by atoms with van der Waals surface area (Å²) in [6.45, 7) is 6.59. The van der Waals surface area contributed by atoms with E-state index in [-0.39, 0.29) is 24.2 Å². The lowest BCUT2D eigenvalue weighted by molar-refractivity contribution is -0.126. The minimum atomic E-state index is 0. The van der Waals surface area contributed by atoms with Crippen molar-refractivity contribution in [2.45, 2.75) is 19.8 Å². The van der Waals surface area contributed by atoms with Gasteiger partial charge in [-0.3, -0.25) is 4.79 Å². The van der Waals surface area contributed by atoms with Gasteiger partial charge in [-0.2, -0.15) is 0 Å². The van der Waals surface area contributed by atoms with Crippen LogP contribution in [0.5, 0.6) is 0 Å². The second kappa shape index (κ2) is 6.76. The Morgan fingerprint density at radius 2 is 2.00 bits per heavy atom. The quantitative estimate of drug-likeness (QED) is 0.875. The fraction of sp³-hybridized carbons (Fsp3) is 0.500. The van der Waals surface area contributed by atoms with Gasteiger partial charge >= 0.3 is 0 Å². The Morgan fingerprint density at radius 1 is 1.39 bits per heavy atom. The number of nitrogens with one attached hydrogen (secondary N) is 2. The number of aryl methyl sites for hydroxylation is 1. The van der Waals surface area contributed by atoms with Crippen LogP contribution in [0.25, 0.3) is 0 Å². The summed E-state index contributed by atoms with van der Waals surface area (Å²) in [7, 11) is 0. The molecule has 1 aliphatic rings. The van der Waals surface area contributed by atoms with Gasteiger partial charge in [0.2, 0.25) is 5.91 Å². The minimum Gasteiger partial charge on any atom is -0.355 e. The number of benzene rings is 1. The number of halogens is 1. The van der Waals surface area contributed by atoms with E-state index in [9.17, 15) is 4.79 Å². The molecular formula is C14H21ClN2O. The van der Waals surface area contributed by atoms with Crippen LogP contribution in [0.4, 0.5) is 0 Å². The van der Waals surface area contributed by atoms with E-state index in [0.29, 0.717) is 5.92 Å². The molecule has 0 radical (unpaired) electrons. The van der Waals surface area contributed by atoms with Crippen LogP contribution in [-0.4, -0.2) is 25.5 Å². The molecule has 100 valence electrons. The molecule has 0 bridgehead atoms. The summed E-state index contributed by atoms with van der Waals surface area (Å²) in [6, 6.07) is 8.50. The van der Waals surface area contributed by atoms with Gasteiger partial charge in [0.1, 0.15) is 0 Å². The highest BCUT2D eigenvalue weighted by Crippen LogP contribution is 2.15. The van der Waals surface area contributed by atoms with Crippen molar-refractivity contribution in [2.75, 3.05) is 19.6 Å². The van der Waals surface area contributed by atoms with Gasteiger partial charge in [-0.05, 0) is 18.4 Å². The maximum absolute atomic E-state index is 11.7. The maximum atomic E-state index is 11.7. The Hall–Kier alpha value is -1.06. The predicted octanol–water partition coefficient (Wildman–Crippen LogP) is 1.86. The summed E-state index contributed by atoms with van der Waals surface area (Å²) in [5.74, 6) is 0.732. The standard InChI is InChI=1S/C14H20N2O.ClH/c1-10-3-5-12(6-4-10)11(2)7-16-14(17)13-8-15-9-13;/h3-6,11,13,15H,7-9H2,1-2H3,(H,16,17);1H. The van der Waals surface area contributed by atoms with Crippen molar-refractivity contribution in [1.82, 2.24) is 10.6 Å². The zero-order valence-corrected chi connectivity index (χ0v) is 11.7. The van der Waals surface area contributed by atoms with Crippen LogP contribution < -0.4 is 10.6 Å². The van der Waals surface area contributed by atoms with E-state index in [1.165, 1.54) is 11.1 Å². The molecule has 1 heterocycles. The lowest BCUT2D eigenvalue weighted by atomic mass is 9.98. The number of rotatable bonds is 4. The van der Waals surface area contributed by atoms with Crippen LogP contribution in [0, 0.1) is 12.8 Å². The first-order valence-corrected chi connectivity index (χ1v) is 6.22. The molecule has 4 heteroatoms. The van der Waals surface area contributed by atoms with Crippen LogP contribution >= 0.6 is 12.4 Å². The molecule has 1 unspecified atom stereocenters. The van der Waals surface area contributed by atoms with Crippen molar-refractivity contribution in [3.05, 3.63) is 35.4 Å². The van der Waals surface area contributed by atoms with Gasteiger partial charge in [0.25, 0.3) is 0 Å². The number of carbonyl (C=O) groups excluding carboxylic acids is 1. The first-order chi connectivity index (χ1) is 8.16. The van der Waals surface area contributed by atoms with Crippen LogP contribution in [-0.2, 0) is 4.79 Å². The van der Waals surface area contributed by atoms with Crippen LogP contribution in [0.15, 0.2) is 24.3 Å². The second-order valence-corrected chi connectivity index (χ2v) is 4.91. The Balaban J connectivity index is 0.00000162. The second-order valence-electron chi connectivity index (χ2n) is 4.91. The smallest absolute Gasteiger partial charge is 0.225 e. The van der Waals surface area contributed by atoms with Gasteiger partial charge in [-0.25, -0.2) is 0 Å². The maximum Gasteiger partial charge on any atom is 0.225 e. The number of carbonyl (C=O) groups is 1. The van der Waals surface area contributed by atoms with Gasteiger partial charge in [0.15, 0.2) is 0 Å². The largest absolute Gasteiger partial charge is 0.355 e. The van der Waals surface area contributed by atoms with E-state index < -0.39 is 0 Å². The molecule has 2 N–H and O–H groups in total. The normalized spacial score (nSPS) is 16.3. The summed E-state index contributed by atoms with van der Waals surface area (Å²) in [5.41, 5.74) is 2.55. The third-order valence-corrected chi connectivity index (χ3v) is 3.38. The summed E-state index contributed by atoms with van der Waals surface area (Å²) in [5, 5.41) is 6.13. The average Bonchev–Trinajstić information content (AvgIpc) is 2.24. The predicted molar refractivity (Wildman–Crippen MR) is 76.2 cm³/mol. The Bertz CT molecular complexity index is 387. The molecule has 1 aliphatic heterocycles. The zero-order valence-electron chi connectivity index (χ0n) is 10.9. The molecule has 2 rings (SSSR count). The van der Waals surface area contributed by atoms with Crippen LogP contribution in [0.2, 0.25) is 0 Å². The van der Waals surface area contributed by atoms with Crippen molar-refractivity contribution >= 4 is 18.3 Å². The van der Waals surface area contributed by atoms with E-state index in [1.807, 2.05) is 0 Å². The van der Waals surface area contributed by atoms with Crippen molar-refractivity contribution in [3.8, 4) is 0 Å². The molecule has 1 amide bonds. The molecule has 0 aliphatic carbocycles. The molecule has 0 saturated carbocycles. The Morgan fingerprint density at radius 3 is 2.50 bits per heavy atom. The van der Waals surface area contributed by atoms with Crippen molar-refractivity contribution in [2.24, 2.45) is 5.92 Å². The first kappa shape index (κ1) is 15.0. The molecule has 18 heavy (non-hydrogen) atoms. The monoisotopic (exact) mass is 268 g/mol. The molecule has 0 spiro atoms. The molecule has 1 aromatic carbocycles. The lowest BCUT2D eigenvalue weighted by Crippen LogP contribution is -2.51. The topological polar surface area (TPSA) is 41.1 Å². The van der Waals surface area contributed by atoms with Gasteiger partial charge in [0, 0.05) is 19.6 Å². The Labute approximate surface area is 115 Å². The van der Waals surface area contributed by atoms with E-state index in [0.717, 1.165) is 19.6 Å². The summed E-state index contributed by atoms with van der Waals surface area (Å²) < 4.78 is 0. The van der Waals surface area contributed by atoms with E-state index in [2.05, 4.69) is 48.7 Å². The summed E-state index contributed by atoms with van der Waals surface area (Å²) >= 11 is 0. The third kappa shape index (κ3) is 3.72.